The molecule has 82 valence electrons. The number of aromatic amines is 1. The van der Waals surface area contributed by atoms with Crippen LogP contribution >= 0.6 is 0 Å². The number of H-pyrrole nitrogens is 1. The van der Waals surface area contributed by atoms with Gasteiger partial charge in [0.1, 0.15) is 0 Å². The van der Waals surface area contributed by atoms with E-state index in [-0.39, 0.29) is 6.03 Å². The first kappa shape index (κ1) is 10.1. The summed E-state index contributed by atoms with van der Waals surface area (Å²) >= 11 is 0. The van der Waals surface area contributed by atoms with Crippen LogP contribution in [0, 0.1) is 0 Å². The molecular weight excluding hydrogens is 190 g/mol. The SMILES string of the molecule is CCCNC(=O)N1CCc2[nH]ccc2C1. The molecule has 0 fully saturated rings. The van der Waals surface area contributed by atoms with Crippen LogP contribution in [-0.2, 0) is 13.0 Å². The minimum atomic E-state index is 0.0590. The highest BCUT2D eigenvalue weighted by molar-refractivity contribution is 5.74. The van der Waals surface area contributed by atoms with Crippen molar-refractivity contribution in [2.75, 3.05) is 13.1 Å². The van der Waals surface area contributed by atoms with Gasteiger partial charge in [0.05, 0.1) is 0 Å². The molecule has 0 saturated carbocycles. The number of aromatic nitrogens is 1. The number of urea groups is 1. The molecule has 4 heteroatoms. The first-order valence-electron chi connectivity index (χ1n) is 5.49. The van der Waals surface area contributed by atoms with Gasteiger partial charge in [-0.3, -0.25) is 0 Å². The van der Waals surface area contributed by atoms with Gasteiger partial charge in [0.15, 0.2) is 0 Å². The molecule has 0 saturated heterocycles. The second-order valence-electron chi connectivity index (χ2n) is 3.88. The second-order valence-corrected chi connectivity index (χ2v) is 3.88. The Morgan fingerprint density at radius 1 is 1.67 bits per heavy atom. The fourth-order valence-corrected chi connectivity index (χ4v) is 1.87. The van der Waals surface area contributed by atoms with Crippen molar-refractivity contribution in [3.8, 4) is 0 Å². The van der Waals surface area contributed by atoms with E-state index in [1.165, 1.54) is 11.3 Å². The van der Waals surface area contributed by atoms with Gasteiger partial charge >= 0.3 is 6.03 Å². The molecule has 0 aliphatic carbocycles. The van der Waals surface area contributed by atoms with Gasteiger partial charge in [-0.15, -0.1) is 0 Å². The molecule has 2 heterocycles. The zero-order chi connectivity index (χ0) is 10.7. The van der Waals surface area contributed by atoms with Crippen LogP contribution in [0.2, 0.25) is 0 Å². The molecule has 1 aromatic heterocycles. The molecule has 1 aliphatic heterocycles. The Kier molecular flexibility index (Phi) is 2.94. The standard InChI is InChI=1S/C11H17N3O/c1-2-5-13-11(15)14-7-4-10-9(8-14)3-6-12-10/h3,6,12H,2,4-5,7-8H2,1H3,(H,13,15). The number of fused-ring (bicyclic) bond motifs is 1. The van der Waals surface area contributed by atoms with Crippen molar-refractivity contribution >= 4 is 6.03 Å². The summed E-state index contributed by atoms with van der Waals surface area (Å²) in [5.74, 6) is 0. The Morgan fingerprint density at radius 2 is 2.53 bits per heavy atom. The number of nitrogens with one attached hydrogen (secondary N) is 2. The van der Waals surface area contributed by atoms with Crippen molar-refractivity contribution in [1.82, 2.24) is 15.2 Å². The molecule has 2 N–H and O–H groups in total. The summed E-state index contributed by atoms with van der Waals surface area (Å²) in [6, 6.07) is 2.11. The predicted octanol–water partition coefficient (Wildman–Crippen LogP) is 1.49. The van der Waals surface area contributed by atoms with Crippen LogP contribution in [0.5, 0.6) is 0 Å². The quantitative estimate of drug-likeness (QED) is 0.758. The molecule has 0 atom stereocenters. The molecule has 15 heavy (non-hydrogen) atoms. The molecule has 1 aliphatic rings. The first-order chi connectivity index (χ1) is 7.31. The number of hydrogen-bond acceptors (Lipinski definition) is 1. The van der Waals surface area contributed by atoms with E-state index in [9.17, 15) is 4.79 Å². The third-order valence-electron chi connectivity index (χ3n) is 2.74. The van der Waals surface area contributed by atoms with Gasteiger partial charge < -0.3 is 15.2 Å². The summed E-state index contributed by atoms with van der Waals surface area (Å²) < 4.78 is 0. The summed E-state index contributed by atoms with van der Waals surface area (Å²) in [4.78, 5) is 16.8. The average Bonchev–Trinajstić information content (AvgIpc) is 2.72. The Hall–Kier alpha value is -1.45. The van der Waals surface area contributed by atoms with Gasteiger partial charge in [0.2, 0.25) is 0 Å². The van der Waals surface area contributed by atoms with Gasteiger partial charge in [-0.25, -0.2) is 4.79 Å². The highest BCUT2D eigenvalue weighted by Gasteiger charge is 2.20. The van der Waals surface area contributed by atoms with Gasteiger partial charge in [0, 0.05) is 37.9 Å². The minimum Gasteiger partial charge on any atom is -0.365 e. The molecular formula is C11H17N3O. The number of hydrogen-bond donors (Lipinski definition) is 2. The van der Waals surface area contributed by atoms with Gasteiger partial charge in [0.25, 0.3) is 0 Å². The average molecular weight is 207 g/mol. The molecule has 0 unspecified atom stereocenters. The van der Waals surface area contributed by atoms with Crippen LogP contribution in [-0.4, -0.2) is 29.0 Å². The van der Waals surface area contributed by atoms with Crippen molar-refractivity contribution in [2.45, 2.75) is 26.3 Å². The Labute approximate surface area is 89.7 Å². The number of nitrogens with zero attached hydrogens (tertiary/aromatic N) is 1. The highest BCUT2D eigenvalue weighted by atomic mass is 16.2. The maximum atomic E-state index is 11.7. The zero-order valence-corrected chi connectivity index (χ0v) is 9.05. The topological polar surface area (TPSA) is 48.1 Å². The van der Waals surface area contributed by atoms with E-state index in [1.807, 2.05) is 11.1 Å². The van der Waals surface area contributed by atoms with E-state index in [0.29, 0.717) is 0 Å². The second kappa shape index (κ2) is 4.38. The molecule has 1 aromatic rings. The summed E-state index contributed by atoms with van der Waals surface area (Å²) in [5.41, 5.74) is 2.52. The van der Waals surface area contributed by atoms with E-state index in [1.54, 1.807) is 0 Å². The van der Waals surface area contributed by atoms with E-state index in [0.717, 1.165) is 32.5 Å². The van der Waals surface area contributed by atoms with E-state index in [2.05, 4.69) is 23.3 Å². The third-order valence-corrected chi connectivity index (χ3v) is 2.74. The molecule has 4 nitrogen and oxygen atoms in total. The van der Waals surface area contributed by atoms with Crippen LogP contribution in [0.4, 0.5) is 4.79 Å². The van der Waals surface area contributed by atoms with Gasteiger partial charge in [-0.05, 0) is 18.1 Å². The number of carbonyl (C=O) groups is 1. The molecule has 2 amide bonds. The zero-order valence-electron chi connectivity index (χ0n) is 9.05. The smallest absolute Gasteiger partial charge is 0.317 e. The van der Waals surface area contributed by atoms with Crippen LogP contribution in [0.15, 0.2) is 12.3 Å². The fraction of sp³-hybridized carbons (Fsp3) is 0.545. The normalized spacial score (nSPS) is 14.9. The summed E-state index contributed by atoms with van der Waals surface area (Å²) in [5, 5.41) is 2.90. The summed E-state index contributed by atoms with van der Waals surface area (Å²) in [6.45, 7) is 4.35. The van der Waals surface area contributed by atoms with Crippen molar-refractivity contribution < 1.29 is 4.79 Å². The van der Waals surface area contributed by atoms with E-state index >= 15 is 0 Å². The Morgan fingerprint density at radius 3 is 3.33 bits per heavy atom. The Balaban J connectivity index is 1.94. The third kappa shape index (κ3) is 2.14. The highest BCUT2D eigenvalue weighted by Crippen LogP contribution is 2.16. The van der Waals surface area contributed by atoms with Gasteiger partial charge in [-0.1, -0.05) is 6.92 Å². The monoisotopic (exact) mass is 207 g/mol. The van der Waals surface area contributed by atoms with Crippen molar-refractivity contribution in [3.63, 3.8) is 0 Å². The van der Waals surface area contributed by atoms with E-state index in [4.69, 9.17) is 0 Å². The van der Waals surface area contributed by atoms with Gasteiger partial charge in [-0.2, -0.15) is 0 Å². The molecule has 0 spiro atoms. The maximum Gasteiger partial charge on any atom is 0.317 e. The van der Waals surface area contributed by atoms with Crippen LogP contribution < -0.4 is 5.32 Å². The van der Waals surface area contributed by atoms with Crippen molar-refractivity contribution in [3.05, 3.63) is 23.5 Å². The first-order valence-corrected chi connectivity index (χ1v) is 5.49. The molecule has 0 aromatic carbocycles. The van der Waals surface area contributed by atoms with Crippen LogP contribution in [0.3, 0.4) is 0 Å². The van der Waals surface area contributed by atoms with Crippen LogP contribution in [0.25, 0.3) is 0 Å². The number of rotatable bonds is 2. The van der Waals surface area contributed by atoms with Crippen molar-refractivity contribution in [1.29, 1.82) is 0 Å². The Bertz CT molecular complexity index is 345. The number of carbonyl (C=O) groups excluding carboxylic acids is 1. The lowest BCUT2D eigenvalue weighted by Gasteiger charge is -2.27. The molecule has 0 bridgehead atoms. The van der Waals surface area contributed by atoms with Crippen molar-refractivity contribution in [2.24, 2.45) is 0 Å². The molecule has 2 rings (SSSR count). The summed E-state index contributed by atoms with van der Waals surface area (Å²) in [7, 11) is 0. The minimum absolute atomic E-state index is 0.0590. The lowest BCUT2D eigenvalue weighted by Crippen LogP contribution is -2.42. The lowest BCUT2D eigenvalue weighted by molar-refractivity contribution is 0.192. The largest absolute Gasteiger partial charge is 0.365 e. The van der Waals surface area contributed by atoms with E-state index < -0.39 is 0 Å². The number of amides is 2. The predicted molar refractivity (Wildman–Crippen MR) is 58.6 cm³/mol. The van der Waals surface area contributed by atoms with Crippen LogP contribution in [0.1, 0.15) is 24.6 Å². The maximum absolute atomic E-state index is 11.7. The fourth-order valence-electron chi connectivity index (χ4n) is 1.87. The summed E-state index contributed by atoms with van der Waals surface area (Å²) in [6.07, 6.45) is 3.86. The lowest BCUT2D eigenvalue weighted by atomic mass is 10.1. The molecule has 0 radical (unpaired) electrons.